The summed E-state index contributed by atoms with van der Waals surface area (Å²) in [6, 6.07) is 11.5. The van der Waals surface area contributed by atoms with Crippen LogP contribution in [0.4, 0.5) is 28.9 Å². The Kier molecular flexibility index (Phi) is 6.69. The van der Waals surface area contributed by atoms with Crippen LogP contribution in [0, 0.1) is 5.82 Å². The van der Waals surface area contributed by atoms with Crippen molar-refractivity contribution in [3.05, 3.63) is 88.2 Å². The molecular formula is C22H15ClF4N2O3. The number of hydrogen-bond donors (Lipinski definition) is 2. The minimum absolute atomic E-state index is 0.0151. The molecule has 3 aromatic carbocycles. The normalized spacial score (nSPS) is 11.1. The summed E-state index contributed by atoms with van der Waals surface area (Å²) in [7, 11) is 1.29. The lowest BCUT2D eigenvalue weighted by Crippen LogP contribution is -2.18. The molecular weight excluding hydrogens is 452 g/mol. The highest BCUT2D eigenvalue weighted by molar-refractivity contribution is 6.31. The predicted octanol–water partition coefficient (Wildman–Crippen LogP) is 6.01. The summed E-state index contributed by atoms with van der Waals surface area (Å²) in [4.78, 5) is 24.8. The van der Waals surface area contributed by atoms with Gasteiger partial charge in [-0.3, -0.25) is 9.59 Å². The number of carbonyl (C=O) groups is 2. The van der Waals surface area contributed by atoms with Gasteiger partial charge in [0.1, 0.15) is 11.6 Å². The molecule has 2 N–H and O–H groups in total. The zero-order valence-corrected chi connectivity index (χ0v) is 17.1. The van der Waals surface area contributed by atoms with Crippen molar-refractivity contribution in [1.29, 1.82) is 0 Å². The number of hydrogen-bond acceptors (Lipinski definition) is 3. The first-order valence-corrected chi connectivity index (χ1v) is 9.39. The number of halogens is 5. The van der Waals surface area contributed by atoms with Gasteiger partial charge in [-0.25, -0.2) is 4.39 Å². The lowest BCUT2D eigenvalue weighted by Gasteiger charge is -2.16. The molecule has 10 heteroatoms. The molecule has 0 unspecified atom stereocenters. The molecule has 166 valence electrons. The molecule has 0 spiro atoms. The summed E-state index contributed by atoms with van der Waals surface area (Å²) < 4.78 is 59.0. The maximum absolute atomic E-state index is 13.6. The highest BCUT2D eigenvalue weighted by atomic mass is 35.5. The number of alkyl halides is 3. The number of carbonyl (C=O) groups excluding carboxylic acids is 2. The van der Waals surface area contributed by atoms with Gasteiger partial charge in [0, 0.05) is 16.3 Å². The van der Waals surface area contributed by atoms with E-state index in [1.54, 1.807) is 0 Å². The second kappa shape index (κ2) is 9.27. The number of methoxy groups -OCH3 is 1. The van der Waals surface area contributed by atoms with E-state index in [0.717, 1.165) is 18.2 Å². The van der Waals surface area contributed by atoms with Gasteiger partial charge in [0.05, 0.1) is 23.9 Å². The van der Waals surface area contributed by atoms with E-state index in [1.807, 2.05) is 0 Å². The summed E-state index contributed by atoms with van der Waals surface area (Å²) in [5.41, 5.74) is -1.80. The molecule has 0 bridgehead atoms. The zero-order chi connectivity index (χ0) is 23.5. The molecule has 0 atom stereocenters. The minimum Gasteiger partial charge on any atom is -0.496 e. The SMILES string of the molecule is COc1cc(Cl)ccc1C(=O)Nc1ccc(NC(=O)c2ccc(F)cc2)cc1C(F)(F)F. The molecule has 0 aliphatic heterocycles. The molecule has 0 saturated carbocycles. The van der Waals surface area contributed by atoms with Gasteiger partial charge in [0.15, 0.2) is 0 Å². The largest absolute Gasteiger partial charge is 0.496 e. The standard InChI is InChI=1S/C22H15ClF4N2O3/c1-32-19-10-13(23)4-8-16(19)21(31)29-18-9-7-15(11-17(18)22(25,26)27)28-20(30)12-2-5-14(24)6-3-12/h2-11H,1H3,(H,28,30)(H,29,31). The molecule has 3 aromatic rings. The lowest BCUT2D eigenvalue weighted by atomic mass is 10.1. The van der Waals surface area contributed by atoms with Gasteiger partial charge in [0.2, 0.25) is 0 Å². The van der Waals surface area contributed by atoms with Crippen molar-refractivity contribution in [2.24, 2.45) is 0 Å². The number of nitrogens with one attached hydrogen (secondary N) is 2. The van der Waals surface area contributed by atoms with Crippen LogP contribution in [-0.2, 0) is 6.18 Å². The van der Waals surface area contributed by atoms with E-state index in [0.29, 0.717) is 6.07 Å². The number of benzene rings is 3. The number of anilines is 2. The minimum atomic E-state index is -4.83. The Labute approximate surface area is 185 Å². The molecule has 32 heavy (non-hydrogen) atoms. The maximum Gasteiger partial charge on any atom is 0.418 e. The highest BCUT2D eigenvalue weighted by Gasteiger charge is 2.34. The van der Waals surface area contributed by atoms with Crippen LogP contribution in [0.3, 0.4) is 0 Å². The predicted molar refractivity (Wildman–Crippen MR) is 112 cm³/mol. The lowest BCUT2D eigenvalue weighted by molar-refractivity contribution is -0.136. The van der Waals surface area contributed by atoms with E-state index in [9.17, 15) is 27.2 Å². The average Bonchev–Trinajstić information content (AvgIpc) is 2.74. The van der Waals surface area contributed by atoms with Gasteiger partial charge < -0.3 is 15.4 Å². The molecule has 5 nitrogen and oxygen atoms in total. The van der Waals surface area contributed by atoms with Crippen LogP contribution in [0.2, 0.25) is 5.02 Å². The Hall–Kier alpha value is -3.59. The fourth-order valence-corrected chi connectivity index (χ4v) is 2.97. The van der Waals surface area contributed by atoms with Crippen LogP contribution in [0.15, 0.2) is 60.7 Å². The fraction of sp³-hybridized carbons (Fsp3) is 0.0909. The Morgan fingerprint density at radius 3 is 2.22 bits per heavy atom. The van der Waals surface area contributed by atoms with Crippen LogP contribution in [0.25, 0.3) is 0 Å². The quantitative estimate of drug-likeness (QED) is 0.452. The van der Waals surface area contributed by atoms with Gasteiger partial charge in [-0.15, -0.1) is 0 Å². The summed E-state index contributed by atoms with van der Waals surface area (Å²) in [5, 5.41) is 4.82. The molecule has 0 saturated heterocycles. The van der Waals surface area contributed by atoms with Crippen molar-refractivity contribution in [2.75, 3.05) is 17.7 Å². The Morgan fingerprint density at radius 2 is 1.59 bits per heavy atom. The van der Waals surface area contributed by atoms with Gasteiger partial charge >= 0.3 is 6.18 Å². The van der Waals surface area contributed by atoms with E-state index >= 15 is 0 Å². The number of amides is 2. The van der Waals surface area contributed by atoms with Crippen molar-refractivity contribution in [3.63, 3.8) is 0 Å². The van der Waals surface area contributed by atoms with Gasteiger partial charge in [-0.05, 0) is 60.7 Å². The van der Waals surface area contributed by atoms with Gasteiger partial charge in [-0.2, -0.15) is 13.2 Å². The molecule has 0 aromatic heterocycles. The second-order valence-electron chi connectivity index (χ2n) is 6.52. The molecule has 0 heterocycles. The van der Waals surface area contributed by atoms with E-state index < -0.39 is 35.1 Å². The fourth-order valence-electron chi connectivity index (χ4n) is 2.81. The Morgan fingerprint density at radius 1 is 0.906 bits per heavy atom. The molecule has 0 fully saturated rings. The van der Waals surface area contributed by atoms with E-state index in [1.165, 1.54) is 43.5 Å². The smallest absolute Gasteiger partial charge is 0.418 e. The molecule has 0 radical (unpaired) electrons. The number of ether oxygens (including phenoxy) is 1. The zero-order valence-electron chi connectivity index (χ0n) is 16.4. The van der Waals surface area contributed by atoms with E-state index in [2.05, 4.69) is 10.6 Å². The second-order valence-corrected chi connectivity index (χ2v) is 6.95. The average molecular weight is 467 g/mol. The first-order valence-electron chi connectivity index (χ1n) is 9.01. The first kappa shape index (κ1) is 23.1. The molecule has 2 amide bonds. The molecule has 3 rings (SSSR count). The van der Waals surface area contributed by atoms with Crippen LogP contribution >= 0.6 is 11.6 Å². The van der Waals surface area contributed by atoms with Gasteiger partial charge in [-0.1, -0.05) is 11.6 Å². The van der Waals surface area contributed by atoms with Crippen molar-refractivity contribution in [3.8, 4) is 5.75 Å². The van der Waals surface area contributed by atoms with E-state index in [4.69, 9.17) is 16.3 Å². The highest BCUT2D eigenvalue weighted by Crippen LogP contribution is 2.37. The summed E-state index contributed by atoms with van der Waals surface area (Å²) >= 11 is 5.84. The topological polar surface area (TPSA) is 67.4 Å². The van der Waals surface area contributed by atoms with Crippen molar-refractivity contribution in [1.82, 2.24) is 0 Å². The van der Waals surface area contributed by atoms with Crippen molar-refractivity contribution < 1.29 is 31.9 Å². The van der Waals surface area contributed by atoms with Crippen LogP contribution in [-0.4, -0.2) is 18.9 Å². The van der Waals surface area contributed by atoms with E-state index in [-0.39, 0.29) is 27.6 Å². The van der Waals surface area contributed by atoms with Gasteiger partial charge in [0.25, 0.3) is 11.8 Å². The maximum atomic E-state index is 13.6. The molecule has 0 aliphatic carbocycles. The number of rotatable bonds is 5. The van der Waals surface area contributed by atoms with Crippen LogP contribution < -0.4 is 15.4 Å². The monoisotopic (exact) mass is 466 g/mol. The molecule has 0 aliphatic rings. The first-order chi connectivity index (χ1) is 15.1. The summed E-state index contributed by atoms with van der Waals surface area (Å²) in [6.45, 7) is 0. The Bertz CT molecular complexity index is 1160. The third kappa shape index (κ3) is 5.36. The third-order valence-electron chi connectivity index (χ3n) is 4.35. The third-order valence-corrected chi connectivity index (χ3v) is 4.58. The van der Waals surface area contributed by atoms with Crippen molar-refractivity contribution >= 4 is 34.8 Å². The van der Waals surface area contributed by atoms with Crippen molar-refractivity contribution in [2.45, 2.75) is 6.18 Å². The summed E-state index contributed by atoms with van der Waals surface area (Å²) in [6.07, 6.45) is -4.83. The Balaban J connectivity index is 1.88. The summed E-state index contributed by atoms with van der Waals surface area (Å²) in [5.74, 6) is -2.03. The van der Waals surface area contributed by atoms with Crippen LogP contribution in [0.1, 0.15) is 26.3 Å². The van der Waals surface area contributed by atoms with Crippen LogP contribution in [0.5, 0.6) is 5.75 Å².